The van der Waals surface area contributed by atoms with Crippen LogP contribution in [0, 0.1) is 18.3 Å². The number of aromatic nitrogens is 2. The second kappa shape index (κ2) is 7.16. The lowest BCUT2D eigenvalue weighted by atomic mass is 9.94. The zero-order valence-electron chi connectivity index (χ0n) is 15.9. The Labute approximate surface area is 150 Å². The van der Waals surface area contributed by atoms with Crippen LogP contribution in [0.15, 0.2) is 24.5 Å². The van der Waals surface area contributed by atoms with Gasteiger partial charge in [-0.15, -0.1) is 0 Å². The third-order valence-corrected chi connectivity index (χ3v) is 5.03. The van der Waals surface area contributed by atoms with Crippen molar-refractivity contribution < 1.29 is 4.79 Å². The molecule has 0 spiro atoms. The highest BCUT2D eigenvalue weighted by Crippen LogP contribution is 2.20. The number of pyridine rings is 1. The van der Waals surface area contributed by atoms with Gasteiger partial charge in [0.15, 0.2) is 0 Å². The zero-order valence-corrected chi connectivity index (χ0v) is 15.9. The fourth-order valence-electron chi connectivity index (χ4n) is 3.51. The van der Waals surface area contributed by atoms with E-state index < -0.39 is 0 Å². The molecule has 5 nitrogen and oxygen atoms in total. The second-order valence-corrected chi connectivity index (χ2v) is 8.34. The van der Waals surface area contributed by atoms with Crippen molar-refractivity contribution in [2.75, 3.05) is 19.6 Å². The SMILES string of the molecule is Cc1cccn2c(CN3CCCC(CNC(=O)C(C)(C)C)C3)cnc12. The van der Waals surface area contributed by atoms with Gasteiger partial charge in [-0.3, -0.25) is 9.69 Å². The van der Waals surface area contributed by atoms with Gasteiger partial charge in [0.05, 0.1) is 11.9 Å². The maximum Gasteiger partial charge on any atom is 0.225 e. The van der Waals surface area contributed by atoms with Crippen LogP contribution in [0.2, 0.25) is 0 Å². The number of rotatable bonds is 4. The highest BCUT2D eigenvalue weighted by molar-refractivity contribution is 5.81. The number of imidazole rings is 1. The Hall–Kier alpha value is -1.88. The predicted octanol–water partition coefficient (Wildman–Crippen LogP) is 3.02. The summed E-state index contributed by atoms with van der Waals surface area (Å²) in [4.78, 5) is 19.1. The number of likely N-dealkylation sites (tertiary alicyclic amines) is 1. The molecule has 0 aromatic carbocycles. The summed E-state index contributed by atoms with van der Waals surface area (Å²) < 4.78 is 2.19. The minimum atomic E-state index is -0.317. The molecule has 2 aromatic rings. The minimum absolute atomic E-state index is 0.141. The Morgan fingerprint density at radius 1 is 1.40 bits per heavy atom. The van der Waals surface area contributed by atoms with Crippen LogP contribution in [-0.2, 0) is 11.3 Å². The van der Waals surface area contributed by atoms with Crippen LogP contribution < -0.4 is 5.32 Å². The largest absolute Gasteiger partial charge is 0.355 e. The van der Waals surface area contributed by atoms with Gasteiger partial charge in [-0.05, 0) is 43.9 Å². The Morgan fingerprint density at radius 3 is 2.96 bits per heavy atom. The molecule has 25 heavy (non-hydrogen) atoms. The third kappa shape index (κ3) is 4.21. The highest BCUT2D eigenvalue weighted by Gasteiger charge is 2.25. The van der Waals surface area contributed by atoms with Crippen LogP contribution in [0.3, 0.4) is 0 Å². The molecule has 1 amide bonds. The molecule has 0 aliphatic carbocycles. The van der Waals surface area contributed by atoms with E-state index >= 15 is 0 Å². The summed E-state index contributed by atoms with van der Waals surface area (Å²) in [7, 11) is 0. The van der Waals surface area contributed by atoms with Gasteiger partial charge in [-0.2, -0.15) is 0 Å². The minimum Gasteiger partial charge on any atom is -0.355 e. The summed E-state index contributed by atoms with van der Waals surface area (Å²) in [5.41, 5.74) is 3.17. The molecule has 2 aromatic heterocycles. The lowest BCUT2D eigenvalue weighted by Crippen LogP contribution is -2.43. The fourth-order valence-corrected chi connectivity index (χ4v) is 3.51. The molecular formula is C20H30N4O. The van der Waals surface area contributed by atoms with E-state index in [1.807, 2.05) is 27.0 Å². The summed E-state index contributed by atoms with van der Waals surface area (Å²) >= 11 is 0. The molecule has 1 aliphatic heterocycles. The Balaban J connectivity index is 1.60. The van der Waals surface area contributed by atoms with Gasteiger partial charge in [-0.25, -0.2) is 4.98 Å². The van der Waals surface area contributed by atoms with Crippen LogP contribution in [0.5, 0.6) is 0 Å². The van der Waals surface area contributed by atoms with Gasteiger partial charge in [0.1, 0.15) is 5.65 Å². The summed E-state index contributed by atoms with van der Waals surface area (Å²) in [6.07, 6.45) is 6.46. The maximum atomic E-state index is 12.1. The Kier molecular flexibility index (Phi) is 5.13. The van der Waals surface area contributed by atoms with Crippen molar-refractivity contribution in [3.05, 3.63) is 35.8 Å². The van der Waals surface area contributed by atoms with Gasteiger partial charge in [0.2, 0.25) is 5.91 Å². The molecule has 3 heterocycles. The van der Waals surface area contributed by atoms with Gasteiger partial charge in [0.25, 0.3) is 0 Å². The van der Waals surface area contributed by atoms with Crippen LogP contribution in [0.4, 0.5) is 0 Å². The number of carbonyl (C=O) groups excluding carboxylic acids is 1. The van der Waals surface area contributed by atoms with Gasteiger partial charge in [0, 0.05) is 31.2 Å². The van der Waals surface area contributed by atoms with E-state index in [2.05, 4.69) is 44.9 Å². The molecule has 3 rings (SSSR count). The van der Waals surface area contributed by atoms with Gasteiger partial charge < -0.3 is 9.72 Å². The van der Waals surface area contributed by atoms with Crippen LogP contribution in [0.1, 0.15) is 44.9 Å². The quantitative estimate of drug-likeness (QED) is 0.929. The number of carbonyl (C=O) groups is 1. The Morgan fingerprint density at radius 2 is 2.20 bits per heavy atom. The molecule has 136 valence electrons. The fraction of sp³-hybridized carbons (Fsp3) is 0.600. The molecule has 0 radical (unpaired) electrons. The molecule has 0 bridgehead atoms. The number of nitrogens with zero attached hydrogens (tertiary/aromatic N) is 3. The van der Waals surface area contributed by atoms with Crippen molar-refractivity contribution in [1.82, 2.24) is 19.6 Å². The zero-order chi connectivity index (χ0) is 18.0. The number of hydrogen-bond acceptors (Lipinski definition) is 3. The van der Waals surface area contributed by atoms with E-state index in [0.717, 1.165) is 31.8 Å². The molecule has 5 heteroatoms. The number of aryl methyl sites for hydroxylation is 1. The first-order valence-corrected chi connectivity index (χ1v) is 9.27. The number of nitrogens with one attached hydrogen (secondary N) is 1. The van der Waals surface area contributed by atoms with Crippen molar-refractivity contribution in [1.29, 1.82) is 0 Å². The normalized spacial score (nSPS) is 19.3. The summed E-state index contributed by atoms with van der Waals surface area (Å²) in [5, 5.41) is 3.13. The first kappa shape index (κ1) is 17.9. The second-order valence-electron chi connectivity index (χ2n) is 8.34. The highest BCUT2D eigenvalue weighted by atomic mass is 16.2. The molecular weight excluding hydrogens is 312 g/mol. The van der Waals surface area contributed by atoms with E-state index in [1.165, 1.54) is 24.1 Å². The third-order valence-electron chi connectivity index (χ3n) is 5.03. The molecule has 1 saturated heterocycles. The summed E-state index contributed by atoms with van der Waals surface area (Å²) in [6.45, 7) is 11.8. The molecule has 1 aliphatic rings. The standard InChI is InChI=1S/C20H30N4O/c1-15-7-5-10-24-17(12-21-18(15)24)14-23-9-6-8-16(13-23)11-22-19(25)20(2,3)4/h5,7,10,12,16H,6,8-9,11,13-14H2,1-4H3,(H,22,25). The van der Waals surface area contributed by atoms with E-state index in [0.29, 0.717) is 5.92 Å². The predicted molar refractivity (Wildman–Crippen MR) is 100 cm³/mol. The van der Waals surface area contributed by atoms with Crippen molar-refractivity contribution in [3.8, 4) is 0 Å². The number of amides is 1. The average Bonchev–Trinajstić information content (AvgIpc) is 2.96. The molecule has 1 N–H and O–H groups in total. The van der Waals surface area contributed by atoms with Crippen molar-refractivity contribution in [3.63, 3.8) is 0 Å². The number of piperidine rings is 1. The topological polar surface area (TPSA) is 49.6 Å². The van der Waals surface area contributed by atoms with Crippen LogP contribution in [0.25, 0.3) is 5.65 Å². The average molecular weight is 342 g/mol. The lowest BCUT2D eigenvalue weighted by Gasteiger charge is -2.33. The first-order valence-electron chi connectivity index (χ1n) is 9.27. The van der Waals surface area contributed by atoms with Crippen LogP contribution in [-0.4, -0.2) is 39.8 Å². The summed E-state index contributed by atoms with van der Waals surface area (Å²) in [6, 6.07) is 4.18. The molecule has 1 atom stereocenters. The molecule has 1 unspecified atom stereocenters. The molecule has 1 fully saturated rings. The van der Waals surface area contributed by atoms with E-state index in [-0.39, 0.29) is 11.3 Å². The maximum absolute atomic E-state index is 12.1. The van der Waals surface area contributed by atoms with Gasteiger partial charge in [-0.1, -0.05) is 26.8 Å². The number of hydrogen-bond donors (Lipinski definition) is 1. The van der Waals surface area contributed by atoms with Crippen LogP contribution >= 0.6 is 0 Å². The monoisotopic (exact) mass is 342 g/mol. The van der Waals surface area contributed by atoms with Gasteiger partial charge >= 0.3 is 0 Å². The van der Waals surface area contributed by atoms with Crippen molar-refractivity contribution >= 4 is 11.6 Å². The Bertz CT molecular complexity index is 744. The smallest absolute Gasteiger partial charge is 0.225 e. The van der Waals surface area contributed by atoms with E-state index in [1.54, 1.807) is 0 Å². The van der Waals surface area contributed by atoms with Crippen molar-refractivity contribution in [2.24, 2.45) is 11.3 Å². The first-order chi connectivity index (χ1) is 11.8. The van der Waals surface area contributed by atoms with E-state index in [4.69, 9.17) is 0 Å². The van der Waals surface area contributed by atoms with Crippen molar-refractivity contribution in [2.45, 2.75) is 47.1 Å². The van der Waals surface area contributed by atoms with E-state index in [9.17, 15) is 4.79 Å². The molecule has 0 saturated carbocycles. The number of fused-ring (bicyclic) bond motifs is 1. The summed E-state index contributed by atoms with van der Waals surface area (Å²) in [5.74, 6) is 0.669. The lowest BCUT2D eigenvalue weighted by molar-refractivity contribution is -0.128.